The Labute approximate surface area is 81.7 Å². The summed E-state index contributed by atoms with van der Waals surface area (Å²) < 4.78 is 5.13. The van der Waals surface area contributed by atoms with Crippen molar-refractivity contribution in [2.45, 2.75) is 13.8 Å². The van der Waals surface area contributed by atoms with E-state index in [0.29, 0.717) is 10.6 Å². The Kier molecular flexibility index (Phi) is 2.93. The molecule has 1 heterocycles. The van der Waals surface area contributed by atoms with Gasteiger partial charge >= 0.3 is 0 Å². The fourth-order valence-electron chi connectivity index (χ4n) is 1.13. The van der Waals surface area contributed by atoms with Gasteiger partial charge in [-0.2, -0.15) is 0 Å². The molecule has 0 fully saturated rings. The molecule has 1 amide bonds. The summed E-state index contributed by atoms with van der Waals surface area (Å²) >= 11 is 1.50. The molecule has 1 rings (SSSR count). The van der Waals surface area contributed by atoms with Crippen LogP contribution in [0.5, 0.6) is 5.06 Å². The minimum atomic E-state index is -0.0845. The molecule has 0 aliphatic rings. The number of ether oxygens (including phenoxy) is 1. The topological polar surface area (TPSA) is 38.3 Å². The molecule has 3 nitrogen and oxygen atoms in total. The van der Waals surface area contributed by atoms with Gasteiger partial charge in [-0.25, -0.2) is 0 Å². The van der Waals surface area contributed by atoms with Gasteiger partial charge in [-0.3, -0.25) is 4.79 Å². The number of rotatable bonds is 2. The van der Waals surface area contributed by atoms with E-state index in [1.807, 2.05) is 13.8 Å². The van der Waals surface area contributed by atoms with E-state index in [9.17, 15) is 4.79 Å². The normalized spacial score (nSPS) is 9.85. The Morgan fingerprint density at radius 1 is 1.46 bits per heavy atom. The van der Waals surface area contributed by atoms with E-state index in [-0.39, 0.29) is 5.91 Å². The molecule has 1 aromatic rings. The smallest absolute Gasteiger partial charge is 0.255 e. The molecular weight excluding hydrogens is 186 g/mol. The number of methoxy groups -OCH3 is 1. The first-order valence-corrected chi connectivity index (χ1v) is 4.79. The second-order valence-electron chi connectivity index (χ2n) is 2.73. The quantitative estimate of drug-likeness (QED) is 0.787. The van der Waals surface area contributed by atoms with E-state index >= 15 is 0 Å². The first kappa shape index (κ1) is 10.1. The number of hydrogen-bond donors (Lipinski definition) is 1. The zero-order valence-electron chi connectivity index (χ0n) is 8.22. The van der Waals surface area contributed by atoms with Crippen LogP contribution in [0.4, 0.5) is 0 Å². The molecule has 13 heavy (non-hydrogen) atoms. The van der Waals surface area contributed by atoms with E-state index in [1.165, 1.54) is 11.3 Å². The zero-order chi connectivity index (χ0) is 10.0. The molecule has 72 valence electrons. The maximum Gasteiger partial charge on any atom is 0.255 e. The van der Waals surface area contributed by atoms with Crippen molar-refractivity contribution in [3.8, 4) is 5.06 Å². The fourth-order valence-corrected chi connectivity index (χ4v) is 2.09. The highest BCUT2D eigenvalue weighted by atomic mass is 32.1. The van der Waals surface area contributed by atoms with E-state index in [4.69, 9.17) is 4.74 Å². The van der Waals surface area contributed by atoms with Crippen LogP contribution >= 0.6 is 11.3 Å². The summed E-state index contributed by atoms with van der Waals surface area (Å²) in [5, 5.41) is 3.29. The van der Waals surface area contributed by atoms with Gasteiger partial charge in [0.2, 0.25) is 0 Å². The third-order valence-corrected chi connectivity index (χ3v) is 3.16. The third-order valence-electron chi connectivity index (χ3n) is 1.99. The van der Waals surface area contributed by atoms with E-state index in [2.05, 4.69) is 5.32 Å². The van der Waals surface area contributed by atoms with Crippen molar-refractivity contribution >= 4 is 17.2 Å². The zero-order valence-corrected chi connectivity index (χ0v) is 9.04. The van der Waals surface area contributed by atoms with Crippen molar-refractivity contribution in [3.63, 3.8) is 0 Å². The lowest BCUT2D eigenvalue weighted by Crippen LogP contribution is -2.18. The van der Waals surface area contributed by atoms with Crippen LogP contribution in [-0.2, 0) is 0 Å². The van der Waals surface area contributed by atoms with E-state index < -0.39 is 0 Å². The van der Waals surface area contributed by atoms with Crippen molar-refractivity contribution < 1.29 is 9.53 Å². The molecule has 0 bridgehead atoms. The van der Waals surface area contributed by atoms with Gasteiger partial charge in [0.05, 0.1) is 12.7 Å². The largest absolute Gasteiger partial charge is 0.487 e. The van der Waals surface area contributed by atoms with Crippen molar-refractivity contribution in [1.29, 1.82) is 0 Å². The Morgan fingerprint density at radius 2 is 2.08 bits per heavy atom. The fraction of sp³-hybridized carbons (Fsp3) is 0.444. The van der Waals surface area contributed by atoms with Gasteiger partial charge in [0, 0.05) is 11.9 Å². The lowest BCUT2D eigenvalue weighted by atomic mass is 10.1. The van der Waals surface area contributed by atoms with Crippen molar-refractivity contribution in [1.82, 2.24) is 5.32 Å². The average Bonchev–Trinajstić information content (AvgIpc) is 2.42. The number of thiophene rings is 1. The second kappa shape index (κ2) is 3.79. The Morgan fingerprint density at radius 3 is 2.54 bits per heavy atom. The molecule has 0 aliphatic carbocycles. The minimum absolute atomic E-state index is 0.0845. The van der Waals surface area contributed by atoms with Gasteiger partial charge < -0.3 is 10.1 Å². The summed E-state index contributed by atoms with van der Waals surface area (Å²) in [6.07, 6.45) is 0. The SMILES string of the molecule is CNC(=O)c1c(OC)sc(C)c1C. The molecule has 0 radical (unpaired) electrons. The van der Waals surface area contributed by atoms with Crippen LogP contribution in [0.3, 0.4) is 0 Å². The molecule has 0 saturated heterocycles. The summed E-state index contributed by atoms with van der Waals surface area (Å²) in [6, 6.07) is 0. The molecule has 1 N–H and O–H groups in total. The standard InChI is InChI=1S/C9H13NO2S/c1-5-6(2)13-9(12-4)7(5)8(11)10-3/h1-4H3,(H,10,11). The van der Waals surface area contributed by atoms with Crippen LogP contribution < -0.4 is 10.1 Å². The van der Waals surface area contributed by atoms with Crippen molar-refractivity contribution in [2.24, 2.45) is 0 Å². The van der Waals surface area contributed by atoms with Crippen molar-refractivity contribution in [3.05, 3.63) is 16.0 Å². The van der Waals surface area contributed by atoms with E-state index in [1.54, 1.807) is 14.2 Å². The van der Waals surface area contributed by atoms with Crippen LogP contribution in [0.2, 0.25) is 0 Å². The minimum Gasteiger partial charge on any atom is -0.487 e. The Balaban J connectivity index is 3.23. The molecule has 0 aliphatic heterocycles. The van der Waals surface area contributed by atoms with Gasteiger partial charge in [0.15, 0.2) is 5.06 Å². The maximum absolute atomic E-state index is 11.4. The lowest BCUT2D eigenvalue weighted by Gasteiger charge is -2.01. The van der Waals surface area contributed by atoms with Gasteiger partial charge in [-0.1, -0.05) is 0 Å². The first-order valence-electron chi connectivity index (χ1n) is 3.97. The van der Waals surface area contributed by atoms with Crippen LogP contribution in [0, 0.1) is 13.8 Å². The molecule has 1 aromatic heterocycles. The molecule has 0 saturated carbocycles. The predicted molar refractivity (Wildman–Crippen MR) is 53.7 cm³/mol. The van der Waals surface area contributed by atoms with Crippen LogP contribution in [0.1, 0.15) is 20.8 Å². The summed E-state index contributed by atoms with van der Waals surface area (Å²) in [6.45, 7) is 3.91. The summed E-state index contributed by atoms with van der Waals surface area (Å²) in [5.41, 5.74) is 1.66. The average molecular weight is 199 g/mol. The van der Waals surface area contributed by atoms with Gasteiger partial charge in [-0.05, 0) is 19.4 Å². The monoisotopic (exact) mass is 199 g/mol. The maximum atomic E-state index is 11.4. The second-order valence-corrected chi connectivity index (χ2v) is 3.92. The molecule has 0 spiro atoms. The van der Waals surface area contributed by atoms with Crippen LogP contribution in [0.15, 0.2) is 0 Å². The highest BCUT2D eigenvalue weighted by molar-refractivity contribution is 7.14. The van der Waals surface area contributed by atoms with Crippen LogP contribution in [0.25, 0.3) is 0 Å². The predicted octanol–water partition coefficient (Wildman–Crippen LogP) is 1.73. The molecular formula is C9H13NO2S. The lowest BCUT2D eigenvalue weighted by molar-refractivity contribution is 0.0960. The molecule has 0 unspecified atom stereocenters. The summed E-state index contributed by atoms with van der Waals surface area (Å²) in [7, 11) is 3.20. The number of hydrogen-bond acceptors (Lipinski definition) is 3. The van der Waals surface area contributed by atoms with Crippen LogP contribution in [-0.4, -0.2) is 20.1 Å². The summed E-state index contributed by atoms with van der Waals surface area (Å²) in [4.78, 5) is 12.6. The van der Waals surface area contributed by atoms with Crippen molar-refractivity contribution in [2.75, 3.05) is 14.2 Å². The summed E-state index contributed by atoms with van der Waals surface area (Å²) in [5.74, 6) is -0.0845. The Bertz CT molecular complexity index is 331. The number of carbonyl (C=O) groups is 1. The number of carbonyl (C=O) groups excluding carboxylic acids is 1. The highest BCUT2D eigenvalue weighted by Gasteiger charge is 2.18. The van der Waals surface area contributed by atoms with Gasteiger partial charge in [-0.15, -0.1) is 11.3 Å². The molecule has 0 aromatic carbocycles. The highest BCUT2D eigenvalue weighted by Crippen LogP contribution is 2.33. The molecule has 4 heteroatoms. The van der Waals surface area contributed by atoms with Gasteiger partial charge in [0.1, 0.15) is 0 Å². The number of nitrogens with one attached hydrogen (secondary N) is 1. The van der Waals surface area contributed by atoms with E-state index in [0.717, 1.165) is 10.4 Å². The number of aryl methyl sites for hydroxylation is 1. The Hall–Kier alpha value is -1.03. The first-order chi connectivity index (χ1) is 6.11. The number of amides is 1. The third kappa shape index (κ3) is 1.67. The molecule has 0 atom stereocenters. The van der Waals surface area contributed by atoms with Gasteiger partial charge in [0.25, 0.3) is 5.91 Å².